The van der Waals surface area contributed by atoms with Gasteiger partial charge in [-0.3, -0.25) is 9.59 Å². The molecule has 0 spiro atoms. The largest absolute Gasteiger partial charge is 0.356 e. The summed E-state index contributed by atoms with van der Waals surface area (Å²) >= 11 is 0. The molecule has 0 atom stereocenters. The zero-order valence-corrected chi connectivity index (χ0v) is 11.8. The van der Waals surface area contributed by atoms with Gasteiger partial charge in [0.15, 0.2) is 5.78 Å². The molecule has 1 aliphatic carbocycles. The number of carbonyl (C=O) groups is 1. The molecule has 6 heteroatoms. The predicted molar refractivity (Wildman–Crippen MR) is 78.9 cm³/mol. The Kier molecular flexibility index (Phi) is 2.83. The highest BCUT2D eigenvalue weighted by Gasteiger charge is 2.32. The lowest BCUT2D eigenvalue weighted by atomic mass is 10.1. The fourth-order valence-corrected chi connectivity index (χ4v) is 3.07. The van der Waals surface area contributed by atoms with Gasteiger partial charge in [0.1, 0.15) is 11.5 Å². The Labute approximate surface area is 121 Å². The smallest absolute Gasteiger partial charge is 0.253 e. The molecule has 0 amide bonds. The Bertz CT molecular complexity index is 751. The first kappa shape index (κ1) is 12.6. The standard InChI is InChI=1S/C15H18N4O2/c20-12-8-13(18-6-2-1-3-7-18)19-15(17-12)11(9-16-19)14(21)10-4-5-10/h8-10H,1-7H2,(H,17,20). The molecule has 21 heavy (non-hydrogen) atoms. The van der Waals surface area contributed by atoms with Crippen molar-refractivity contribution in [2.75, 3.05) is 18.0 Å². The van der Waals surface area contributed by atoms with Crippen molar-refractivity contribution in [1.29, 1.82) is 0 Å². The molecule has 2 aliphatic rings. The summed E-state index contributed by atoms with van der Waals surface area (Å²) in [6.45, 7) is 1.87. The lowest BCUT2D eigenvalue weighted by Crippen LogP contribution is -2.32. The molecule has 2 aromatic rings. The number of hydrogen-bond acceptors (Lipinski definition) is 4. The summed E-state index contributed by atoms with van der Waals surface area (Å²) in [7, 11) is 0. The van der Waals surface area contributed by atoms with Crippen molar-refractivity contribution in [1.82, 2.24) is 14.6 Å². The van der Waals surface area contributed by atoms with Crippen molar-refractivity contribution >= 4 is 17.2 Å². The highest BCUT2D eigenvalue weighted by Crippen LogP contribution is 2.33. The van der Waals surface area contributed by atoms with Gasteiger partial charge in [-0.1, -0.05) is 0 Å². The van der Waals surface area contributed by atoms with Gasteiger partial charge in [-0.05, 0) is 32.1 Å². The molecule has 0 radical (unpaired) electrons. The van der Waals surface area contributed by atoms with Crippen LogP contribution in [-0.2, 0) is 0 Å². The molecule has 110 valence electrons. The van der Waals surface area contributed by atoms with Crippen LogP contribution in [0.25, 0.3) is 5.65 Å². The predicted octanol–water partition coefficient (Wildman–Crippen LogP) is 1.61. The second-order valence-corrected chi connectivity index (χ2v) is 6.00. The lowest BCUT2D eigenvalue weighted by Gasteiger charge is -2.28. The first-order valence-electron chi connectivity index (χ1n) is 7.64. The van der Waals surface area contributed by atoms with Crippen molar-refractivity contribution in [3.05, 3.63) is 28.2 Å². The maximum absolute atomic E-state index is 12.3. The molecule has 0 unspecified atom stereocenters. The number of aromatic amines is 1. The Morgan fingerprint density at radius 2 is 2.00 bits per heavy atom. The van der Waals surface area contributed by atoms with Gasteiger partial charge in [-0.2, -0.15) is 5.10 Å². The molecular weight excluding hydrogens is 268 g/mol. The minimum absolute atomic E-state index is 0.108. The SMILES string of the molecule is O=C(c1cnn2c(N3CCCCC3)cc(=O)[nH]c12)C1CC1. The summed E-state index contributed by atoms with van der Waals surface area (Å²) in [5, 5.41) is 4.35. The molecule has 1 N–H and O–H groups in total. The number of hydrogen-bond donors (Lipinski definition) is 1. The van der Waals surface area contributed by atoms with E-state index in [4.69, 9.17) is 0 Å². The number of anilines is 1. The van der Waals surface area contributed by atoms with E-state index in [0.29, 0.717) is 11.2 Å². The number of piperidine rings is 1. The van der Waals surface area contributed by atoms with Gasteiger partial charge >= 0.3 is 0 Å². The van der Waals surface area contributed by atoms with Crippen LogP contribution in [-0.4, -0.2) is 33.5 Å². The van der Waals surface area contributed by atoms with Gasteiger partial charge in [0, 0.05) is 25.1 Å². The second-order valence-electron chi connectivity index (χ2n) is 6.00. The molecule has 4 rings (SSSR count). The van der Waals surface area contributed by atoms with Gasteiger partial charge in [0.05, 0.1) is 11.8 Å². The summed E-state index contributed by atoms with van der Waals surface area (Å²) in [5.74, 6) is 1.03. The van der Waals surface area contributed by atoms with Crippen LogP contribution < -0.4 is 10.5 Å². The zero-order valence-electron chi connectivity index (χ0n) is 11.8. The molecule has 2 aromatic heterocycles. The van der Waals surface area contributed by atoms with Gasteiger partial charge in [0.2, 0.25) is 0 Å². The molecule has 2 fully saturated rings. The fraction of sp³-hybridized carbons (Fsp3) is 0.533. The summed E-state index contributed by atoms with van der Waals surface area (Å²) < 4.78 is 1.71. The number of rotatable bonds is 3. The maximum atomic E-state index is 12.3. The van der Waals surface area contributed by atoms with Gasteiger partial charge in [-0.15, -0.1) is 0 Å². The molecule has 1 saturated carbocycles. The van der Waals surface area contributed by atoms with Crippen LogP contribution in [0, 0.1) is 5.92 Å². The number of nitrogens with one attached hydrogen (secondary N) is 1. The molecular formula is C15H18N4O2. The highest BCUT2D eigenvalue weighted by atomic mass is 16.1. The normalized spacial score (nSPS) is 19.1. The van der Waals surface area contributed by atoms with Crippen molar-refractivity contribution < 1.29 is 4.79 Å². The number of nitrogens with zero attached hydrogens (tertiary/aromatic N) is 3. The molecule has 0 aromatic carbocycles. The van der Waals surface area contributed by atoms with E-state index in [-0.39, 0.29) is 17.3 Å². The quantitative estimate of drug-likeness (QED) is 0.870. The van der Waals surface area contributed by atoms with Crippen LogP contribution >= 0.6 is 0 Å². The van der Waals surface area contributed by atoms with Crippen molar-refractivity contribution in [3.8, 4) is 0 Å². The van der Waals surface area contributed by atoms with E-state index in [2.05, 4.69) is 15.0 Å². The first-order valence-corrected chi connectivity index (χ1v) is 7.64. The van der Waals surface area contributed by atoms with Crippen LogP contribution in [0.5, 0.6) is 0 Å². The summed E-state index contributed by atoms with van der Waals surface area (Å²) in [6, 6.07) is 1.58. The monoisotopic (exact) mass is 286 g/mol. The number of carbonyl (C=O) groups excluding carboxylic acids is 1. The number of ketones is 1. The van der Waals surface area contributed by atoms with E-state index in [0.717, 1.165) is 44.6 Å². The van der Waals surface area contributed by atoms with E-state index < -0.39 is 0 Å². The third-order valence-corrected chi connectivity index (χ3v) is 4.38. The molecule has 3 heterocycles. The van der Waals surface area contributed by atoms with Crippen LogP contribution in [0.3, 0.4) is 0 Å². The molecule has 1 aliphatic heterocycles. The Balaban J connectivity index is 1.83. The molecule has 0 bridgehead atoms. The zero-order chi connectivity index (χ0) is 14.4. The first-order chi connectivity index (χ1) is 10.2. The number of aromatic nitrogens is 3. The number of Topliss-reactive ketones (excluding diaryl/α,β-unsaturated/α-hetero) is 1. The Morgan fingerprint density at radius 1 is 1.24 bits per heavy atom. The number of fused-ring (bicyclic) bond motifs is 1. The van der Waals surface area contributed by atoms with E-state index in [1.54, 1.807) is 16.8 Å². The third kappa shape index (κ3) is 2.14. The summed E-state index contributed by atoms with van der Waals surface area (Å²) in [6.07, 6.45) is 6.98. The fourth-order valence-electron chi connectivity index (χ4n) is 3.07. The summed E-state index contributed by atoms with van der Waals surface area (Å²) in [4.78, 5) is 29.2. The van der Waals surface area contributed by atoms with Crippen LogP contribution in [0.2, 0.25) is 0 Å². The van der Waals surface area contributed by atoms with Crippen molar-refractivity contribution in [2.45, 2.75) is 32.1 Å². The minimum Gasteiger partial charge on any atom is -0.356 e. The van der Waals surface area contributed by atoms with E-state index in [1.165, 1.54) is 6.42 Å². The molecule has 1 saturated heterocycles. The second kappa shape index (κ2) is 4.72. The Hall–Kier alpha value is -2.11. The van der Waals surface area contributed by atoms with Crippen molar-refractivity contribution in [2.24, 2.45) is 5.92 Å². The van der Waals surface area contributed by atoms with Crippen LogP contribution in [0.15, 0.2) is 17.1 Å². The van der Waals surface area contributed by atoms with Gasteiger partial charge in [-0.25, -0.2) is 4.52 Å². The summed E-state index contributed by atoms with van der Waals surface area (Å²) in [5.41, 5.74) is 0.918. The lowest BCUT2D eigenvalue weighted by molar-refractivity contribution is 0.0969. The van der Waals surface area contributed by atoms with Crippen LogP contribution in [0.1, 0.15) is 42.5 Å². The highest BCUT2D eigenvalue weighted by molar-refractivity contribution is 6.04. The average Bonchev–Trinajstić information content (AvgIpc) is 3.27. The van der Waals surface area contributed by atoms with Gasteiger partial charge in [0.25, 0.3) is 5.56 Å². The third-order valence-electron chi connectivity index (χ3n) is 4.38. The number of H-pyrrole nitrogens is 1. The topological polar surface area (TPSA) is 70.5 Å². The average molecular weight is 286 g/mol. The van der Waals surface area contributed by atoms with E-state index in [9.17, 15) is 9.59 Å². The van der Waals surface area contributed by atoms with E-state index in [1.807, 2.05) is 0 Å². The van der Waals surface area contributed by atoms with Crippen molar-refractivity contribution in [3.63, 3.8) is 0 Å². The van der Waals surface area contributed by atoms with Crippen LogP contribution in [0.4, 0.5) is 5.82 Å². The Morgan fingerprint density at radius 3 is 2.71 bits per heavy atom. The minimum atomic E-state index is -0.173. The van der Waals surface area contributed by atoms with E-state index >= 15 is 0 Å². The maximum Gasteiger partial charge on any atom is 0.253 e. The van der Waals surface area contributed by atoms with Gasteiger partial charge < -0.3 is 9.88 Å². The molecule has 6 nitrogen and oxygen atoms in total.